The Labute approximate surface area is 349 Å². The highest BCUT2D eigenvalue weighted by Gasteiger charge is 2.44. The Kier molecular flexibility index (Phi) is 27.5. The largest absolute Gasteiger partial charge is 0.462 e. The fraction of sp³-hybridized carbons (Fsp3) is 0.854. The van der Waals surface area contributed by atoms with Gasteiger partial charge in [-0.2, -0.15) is 11.8 Å². The van der Waals surface area contributed by atoms with E-state index in [0.717, 1.165) is 101 Å². The quantitative estimate of drug-likeness (QED) is 0.0399. The molecule has 58 heavy (non-hydrogen) atoms. The molecule has 0 spiro atoms. The number of unbranched alkanes of at least 4 members (excludes halogenated alkanes) is 15. The number of esters is 2. The van der Waals surface area contributed by atoms with Crippen molar-refractivity contribution >= 4 is 41.3 Å². The van der Waals surface area contributed by atoms with E-state index in [4.69, 9.17) is 14.2 Å². The monoisotopic (exact) mass is 844 g/mol. The third-order valence-corrected chi connectivity index (χ3v) is 11.3. The number of hydrogen-bond donors (Lipinski definition) is 6. The van der Waals surface area contributed by atoms with E-state index in [0.29, 0.717) is 12.8 Å². The number of carbonyl (C=O) groups is 4. The van der Waals surface area contributed by atoms with Crippen LogP contribution in [0.2, 0.25) is 0 Å². The van der Waals surface area contributed by atoms with Gasteiger partial charge in [-0.15, -0.1) is 5.10 Å². The van der Waals surface area contributed by atoms with Crippen molar-refractivity contribution in [3.8, 4) is 0 Å². The van der Waals surface area contributed by atoms with Crippen LogP contribution in [0.1, 0.15) is 162 Å². The number of aliphatic hydroxyl groups excluding tert-OH is 4. The standard InChI is InChI=1S/C41H73N5O11S/c1-4-7-10-13-16-19-22-34(48)42-31(40(54)43-33-25-46(45-44-33)41-39(53)38(52)37(51)32(26-47)57-41)29-58-28-30(56-36(50)24-21-18-15-12-9-6-3)27-55-35(49)23-20-17-14-11-8-5-2/h25,30-32,37-39,41,47,51-53H,4-24,26-29H2,1-3H3,(H,42,48)(H,43,54)/t30-,31-,32?,37?,38?,39?,41-/m1/s1. The number of nitrogens with zero attached hydrogens (tertiary/aromatic N) is 3. The molecule has 2 heterocycles. The number of ether oxygens (including phenoxy) is 3. The molecule has 1 saturated heterocycles. The van der Waals surface area contributed by atoms with Crippen molar-refractivity contribution in [3.63, 3.8) is 0 Å². The second-order valence-electron chi connectivity index (χ2n) is 15.3. The fourth-order valence-electron chi connectivity index (χ4n) is 6.52. The Morgan fingerprint density at radius 3 is 1.90 bits per heavy atom. The highest BCUT2D eigenvalue weighted by molar-refractivity contribution is 7.99. The number of nitrogens with one attached hydrogen (secondary N) is 2. The second kappa shape index (κ2) is 31.1. The van der Waals surface area contributed by atoms with Gasteiger partial charge in [-0.05, 0) is 19.3 Å². The Balaban J connectivity index is 2.09. The minimum absolute atomic E-state index is 0.0408. The van der Waals surface area contributed by atoms with E-state index in [1.807, 2.05) is 0 Å². The van der Waals surface area contributed by atoms with E-state index in [1.54, 1.807) is 0 Å². The molecule has 0 aliphatic carbocycles. The number of aromatic nitrogens is 3. The molecule has 1 aliphatic rings. The lowest BCUT2D eigenvalue weighted by Gasteiger charge is -2.39. The molecule has 6 N–H and O–H groups in total. The molecule has 4 unspecified atom stereocenters. The van der Waals surface area contributed by atoms with Gasteiger partial charge in [0.25, 0.3) is 0 Å². The predicted molar refractivity (Wildman–Crippen MR) is 222 cm³/mol. The van der Waals surface area contributed by atoms with Gasteiger partial charge in [0.15, 0.2) is 12.0 Å². The Bertz CT molecular complexity index is 1290. The predicted octanol–water partition coefficient (Wildman–Crippen LogP) is 5.11. The van der Waals surface area contributed by atoms with Crippen molar-refractivity contribution in [1.29, 1.82) is 0 Å². The van der Waals surface area contributed by atoms with E-state index in [-0.39, 0.29) is 61.0 Å². The van der Waals surface area contributed by atoms with Gasteiger partial charge in [-0.1, -0.05) is 122 Å². The smallest absolute Gasteiger partial charge is 0.306 e. The number of hydrogen-bond acceptors (Lipinski definition) is 14. The molecule has 1 aromatic rings. The first-order valence-corrected chi connectivity index (χ1v) is 22.9. The van der Waals surface area contributed by atoms with Gasteiger partial charge in [0, 0.05) is 30.8 Å². The lowest BCUT2D eigenvalue weighted by molar-refractivity contribution is -0.254. The van der Waals surface area contributed by atoms with Gasteiger partial charge in [0.2, 0.25) is 11.8 Å². The maximum absolute atomic E-state index is 13.6. The summed E-state index contributed by atoms with van der Waals surface area (Å²) in [6.07, 6.45) is 12.2. The van der Waals surface area contributed by atoms with Crippen LogP contribution in [0.5, 0.6) is 0 Å². The number of rotatable bonds is 33. The summed E-state index contributed by atoms with van der Waals surface area (Å²) < 4.78 is 17.9. The summed E-state index contributed by atoms with van der Waals surface area (Å²) in [5.74, 6) is -1.38. The van der Waals surface area contributed by atoms with Gasteiger partial charge < -0.3 is 45.3 Å². The zero-order valence-corrected chi connectivity index (χ0v) is 36.0. The van der Waals surface area contributed by atoms with Crippen molar-refractivity contribution < 1.29 is 53.8 Å². The van der Waals surface area contributed by atoms with E-state index in [1.165, 1.54) is 24.4 Å². The number of thioether (sulfide) groups is 1. The van der Waals surface area contributed by atoms with Crippen molar-refractivity contribution in [2.75, 3.05) is 30.0 Å². The minimum atomic E-state index is -1.64. The lowest BCUT2D eigenvalue weighted by Crippen LogP contribution is -2.56. The molecule has 0 radical (unpaired) electrons. The van der Waals surface area contributed by atoms with Crippen LogP contribution in [0.3, 0.4) is 0 Å². The molecule has 1 aliphatic heterocycles. The van der Waals surface area contributed by atoms with E-state index in [9.17, 15) is 39.6 Å². The molecule has 1 aromatic heterocycles. The average molecular weight is 844 g/mol. The molecule has 2 amide bonds. The van der Waals surface area contributed by atoms with Gasteiger partial charge in [0.1, 0.15) is 43.2 Å². The van der Waals surface area contributed by atoms with Crippen LogP contribution < -0.4 is 10.6 Å². The average Bonchev–Trinajstić information content (AvgIpc) is 3.67. The topological polar surface area (TPSA) is 232 Å². The molecule has 0 saturated carbocycles. The van der Waals surface area contributed by atoms with Crippen molar-refractivity contribution in [2.24, 2.45) is 0 Å². The molecule has 0 aromatic carbocycles. The molecule has 2 rings (SSSR count). The fourth-order valence-corrected chi connectivity index (χ4v) is 7.56. The summed E-state index contributed by atoms with van der Waals surface area (Å²) in [6, 6.07) is -1.04. The van der Waals surface area contributed by atoms with Crippen LogP contribution in [-0.2, 0) is 33.4 Å². The number of anilines is 1. The first kappa shape index (κ1) is 51.3. The SMILES string of the molecule is CCCCCCCCC(=O)N[C@H](CSC[C@@H](COC(=O)CCCCCCCC)OC(=O)CCCCCCCC)C(=O)Nc1cn([C@@H]2OC(CO)C(O)C(O)C2O)nn1. The van der Waals surface area contributed by atoms with E-state index >= 15 is 0 Å². The van der Waals surface area contributed by atoms with Crippen LogP contribution in [0.25, 0.3) is 0 Å². The summed E-state index contributed by atoms with van der Waals surface area (Å²) in [5, 5.41) is 53.7. The van der Waals surface area contributed by atoms with Crippen LogP contribution in [0.4, 0.5) is 5.82 Å². The zero-order chi connectivity index (χ0) is 42.5. The Morgan fingerprint density at radius 2 is 1.31 bits per heavy atom. The summed E-state index contributed by atoms with van der Waals surface area (Å²) in [6.45, 7) is 5.70. The summed E-state index contributed by atoms with van der Waals surface area (Å²) >= 11 is 1.27. The maximum Gasteiger partial charge on any atom is 0.306 e. The second-order valence-corrected chi connectivity index (χ2v) is 16.4. The van der Waals surface area contributed by atoms with Crippen LogP contribution in [0, 0.1) is 0 Å². The van der Waals surface area contributed by atoms with Crippen LogP contribution in [-0.4, -0.2) is 120 Å². The third-order valence-electron chi connectivity index (χ3n) is 10.1. The summed E-state index contributed by atoms with van der Waals surface area (Å²) in [7, 11) is 0. The van der Waals surface area contributed by atoms with Gasteiger partial charge in [-0.3, -0.25) is 19.2 Å². The maximum atomic E-state index is 13.6. The molecular formula is C41H73N5O11S. The molecular weight excluding hydrogens is 771 g/mol. The molecule has 17 heteroatoms. The summed E-state index contributed by atoms with van der Waals surface area (Å²) in [5.41, 5.74) is 0. The normalized spacial score (nSPS) is 20.3. The molecule has 0 bridgehead atoms. The van der Waals surface area contributed by atoms with Gasteiger partial charge in [0.05, 0.1) is 12.8 Å². The number of carbonyl (C=O) groups excluding carboxylic acids is 4. The number of amides is 2. The molecule has 16 nitrogen and oxygen atoms in total. The highest BCUT2D eigenvalue weighted by Crippen LogP contribution is 2.28. The van der Waals surface area contributed by atoms with Crippen LogP contribution >= 0.6 is 11.8 Å². The van der Waals surface area contributed by atoms with E-state index in [2.05, 4.69) is 41.7 Å². The first-order valence-electron chi connectivity index (χ1n) is 21.8. The summed E-state index contributed by atoms with van der Waals surface area (Å²) in [4.78, 5) is 52.1. The van der Waals surface area contributed by atoms with Crippen molar-refractivity contribution in [1.82, 2.24) is 20.3 Å². The molecule has 7 atom stereocenters. The van der Waals surface area contributed by atoms with Gasteiger partial charge >= 0.3 is 11.9 Å². The zero-order valence-electron chi connectivity index (χ0n) is 35.2. The highest BCUT2D eigenvalue weighted by atomic mass is 32.2. The van der Waals surface area contributed by atoms with Crippen molar-refractivity contribution in [3.05, 3.63) is 6.20 Å². The lowest BCUT2D eigenvalue weighted by atomic mass is 9.98. The van der Waals surface area contributed by atoms with Crippen molar-refractivity contribution in [2.45, 2.75) is 198 Å². The Hall–Kier alpha value is -2.83. The minimum Gasteiger partial charge on any atom is -0.462 e. The molecule has 1 fully saturated rings. The van der Waals surface area contributed by atoms with E-state index < -0.39 is 55.3 Å². The van der Waals surface area contributed by atoms with Gasteiger partial charge in [-0.25, -0.2) is 4.68 Å². The Morgan fingerprint density at radius 1 is 0.759 bits per heavy atom. The van der Waals surface area contributed by atoms with Crippen LogP contribution in [0.15, 0.2) is 6.20 Å². The number of aliphatic hydroxyl groups is 4. The third kappa shape index (κ3) is 20.9. The first-order chi connectivity index (χ1) is 28.0. The molecule has 334 valence electrons.